The molecule has 0 aromatic heterocycles. The summed E-state index contributed by atoms with van der Waals surface area (Å²) in [5, 5.41) is -0.854. The van der Waals surface area contributed by atoms with E-state index in [0.717, 1.165) is 18.4 Å². The number of benzene rings is 1. The lowest BCUT2D eigenvalue weighted by atomic mass is 10.0. The Morgan fingerprint density at radius 1 is 1.28 bits per heavy atom. The third-order valence-corrected chi connectivity index (χ3v) is 4.12. The minimum Gasteiger partial charge on any atom is -0.285 e. The minimum atomic E-state index is -4.07. The maximum Gasteiger partial charge on any atom is 0.272 e. The van der Waals surface area contributed by atoms with Crippen molar-refractivity contribution in [2.24, 2.45) is 0 Å². The number of hydrogen-bond donors (Lipinski definition) is 1. The highest BCUT2D eigenvalue weighted by Gasteiger charge is 2.24. The van der Waals surface area contributed by atoms with Gasteiger partial charge in [-0.1, -0.05) is 55.8 Å². The predicted octanol–water partition coefficient (Wildman–Crippen LogP) is 3.75. The van der Waals surface area contributed by atoms with Crippen LogP contribution in [-0.2, 0) is 10.1 Å². The lowest BCUT2D eigenvalue weighted by Crippen LogP contribution is -2.12. The Labute approximate surface area is 109 Å². The quantitative estimate of drug-likeness (QED) is 0.605. The molecule has 1 rings (SSSR count). The molecular weight excluding hydrogens is 248 g/mol. The Balaban J connectivity index is 2.79. The molecule has 0 aliphatic carbocycles. The van der Waals surface area contributed by atoms with Crippen molar-refractivity contribution in [3.63, 3.8) is 0 Å². The topological polar surface area (TPSA) is 54.4 Å². The summed E-state index contributed by atoms with van der Waals surface area (Å²) in [6.07, 6.45) is 2.89. The highest BCUT2D eigenvalue weighted by molar-refractivity contribution is 7.86. The van der Waals surface area contributed by atoms with Crippen LogP contribution >= 0.6 is 0 Å². The fourth-order valence-corrected chi connectivity index (χ4v) is 2.89. The molecule has 1 N–H and O–H groups in total. The molecule has 0 fully saturated rings. The van der Waals surface area contributed by atoms with Crippen LogP contribution in [0.15, 0.2) is 42.5 Å². The van der Waals surface area contributed by atoms with Gasteiger partial charge in [-0.15, -0.1) is 0 Å². The zero-order valence-corrected chi connectivity index (χ0v) is 11.5. The second kappa shape index (κ2) is 6.71. The van der Waals surface area contributed by atoms with E-state index in [2.05, 4.69) is 13.5 Å². The number of rotatable bonds is 7. The second-order valence-electron chi connectivity index (χ2n) is 4.45. The molecule has 4 heteroatoms. The van der Waals surface area contributed by atoms with E-state index < -0.39 is 15.4 Å². The monoisotopic (exact) mass is 268 g/mol. The Morgan fingerprint density at radius 2 is 1.89 bits per heavy atom. The van der Waals surface area contributed by atoms with Crippen molar-refractivity contribution in [1.29, 1.82) is 0 Å². The van der Waals surface area contributed by atoms with Crippen LogP contribution in [0.5, 0.6) is 0 Å². The van der Waals surface area contributed by atoms with Crippen LogP contribution in [0.4, 0.5) is 0 Å². The highest BCUT2D eigenvalue weighted by atomic mass is 32.2. The van der Waals surface area contributed by atoms with E-state index >= 15 is 0 Å². The first kappa shape index (κ1) is 14.9. The Kier molecular flexibility index (Phi) is 5.56. The maximum absolute atomic E-state index is 11.4. The molecule has 0 aliphatic rings. The molecule has 0 spiro atoms. The van der Waals surface area contributed by atoms with Gasteiger partial charge in [-0.3, -0.25) is 4.55 Å². The van der Waals surface area contributed by atoms with Gasteiger partial charge in [0.2, 0.25) is 0 Å². The Bertz CT molecular complexity index is 477. The molecule has 0 bridgehead atoms. The molecule has 1 aromatic carbocycles. The highest BCUT2D eigenvalue weighted by Crippen LogP contribution is 2.28. The molecule has 18 heavy (non-hydrogen) atoms. The summed E-state index contributed by atoms with van der Waals surface area (Å²) in [6.45, 7) is 5.97. The average molecular weight is 268 g/mol. The van der Waals surface area contributed by atoms with Crippen LogP contribution in [0.3, 0.4) is 0 Å². The van der Waals surface area contributed by atoms with Gasteiger partial charge in [-0.2, -0.15) is 8.42 Å². The summed E-state index contributed by atoms with van der Waals surface area (Å²) in [6, 6.07) is 8.81. The first-order valence-electron chi connectivity index (χ1n) is 6.13. The van der Waals surface area contributed by atoms with Crippen LogP contribution in [0.2, 0.25) is 0 Å². The van der Waals surface area contributed by atoms with Gasteiger partial charge >= 0.3 is 0 Å². The fourth-order valence-electron chi connectivity index (χ4n) is 1.97. The average Bonchev–Trinajstić information content (AvgIpc) is 2.29. The van der Waals surface area contributed by atoms with Gasteiger partial charge in [0.25, 0.3) is 10.1 Å². The molecule has 1 unspecified atom stereocenters. The van der Waals surface area contributed by atoms with E-state index in [9.17, 15) is 13.0 Å². The standard InChI is InChI=1S/C14H20O3S/c1-3-7-12(2)10-11-14(18(15,16)17)13-8-5-4-6-9-13/h4-6,8-9,14H,2-3,7,10-11H2,1H3,(H,15,16,17). The molecule has 0 amide bonds. The third kappa shape index (κ3) is 4.63. The molecule has 0 heterocycles. The van der Waals surface area contributed by atoms with Gasteiger partial charge in [-0.05, 0) is 24.8 Å². The van der Waals surface area contributed by atoms with E-state index in [1.807, 2.05) is 6.07 Å². The largest absolute Gasteiger partial charge is 0.285 e. The van der Waals surface area contributed by atoms with Crippen molar-refractivity contribution < 1.29 is 13.0 Å². The second-order valence-corrected chi connectivity index (χ2v) is 6.05. The minimum absolute atomic E-state index is 0.377. The number of hydrogen-bond acceptors (Lipinski definition) is 2. The third-order valence-electron chi connectivity index (χ3n) is 2.89. The molecule has 0 saturated heterocycles. The first-order valence-corrected chi connectivity index (χ1v) is 7.63. The van der Waals surface area contributed by atoms with Gasteiger partial charge in [0.1, 0.15) is 5.25 Å². The van der Waals surface area contributed by atoms with Crippen LogP contribution in [0.25, 0.3) is 0 Å². The lowest BCUT2D eigenvalue weighted by molar-refractivity contribution is 0.463. The van der Waals surface area contributed by atoms with Crippen molar-refractivity contribution in [2.75, 3.05) is 0 Å². The van der Waals surface area contributed by atoms with Gasteiger partial charge in [0.05, 0.1) is 0 Å². The summed E-state index contributed by atoms with van der Waals surface area (Å²) < 4.78 is 32.2. The smallest absolute Gasteiger partial charge is 0.272 e. The molecule has 0 saturated carbocycles. The molecule has 100 valence electrons. The van der Waals surface area contributed by atoms with E-state index in [0.29, 0.717) is 18.4 Å². The fraction of sp³-hybridized carbons (Fsp3) is 0.429. The zero-order valence-electron chi connectivity index (χ0n) is 10.7. The summed E-state index contributed by atoms with van der Waals surface area (Å²) in [5.41, 5.74) is 1.66. The van der Waals surface area contributed by atoms with Crippen molar-refractivity contribution >= 4 is 10.1 Å². The molecular formula is C14H20O3S. The van der Waals surface area contributed by atoms with Gasteiger partial charge in [0, 0.05) is 0 Å². The van der Waals surface area contributed by atoms with Gasteiger partial charge in [0.15, 0.2) is 0 Å². The first-order chi connectivity index (χ1) is 8.45. The maximum atomic E-state index is 11.4. The van der Waals surface area contributed by atoms with E-state index in [4.69, 9.17) is 0 Å². The number of allylic oxidation sites excluding steroid dienone is 1. The van der Waals surface area contributed by atoms with Crippen molar-refractivity contribution in [3.8, 4) is 0 Å². The molecule has 0 aliphatic heterocycles. The van der Waals surface area contributed by atoms with E-state index in [-0.39, 0.29) is 0 Å². The van der Waals surface area contributed by atoms with Crippen molar-refractivity contribution in [1.82, 2.24) is 0 Å². The Morgan fingerprint density at radius 3 is 2.39 bits per heavy atom. The molecule has 1 aromatic rings. The molecule has 3 nitrogen and oxygen atoms in total. The Hall–Kier alpha value is -1.13. The van der Waals surface area contributed by atoms with Crippen LogP contribution in [0, 0.1) is 0 Å². The normalized spacial score (nSPS) is 13.2. The van der Waals surface area contributed by atoms with E-state index in [1.165, 1.54) is 0 Å². The summed E-state index contributed by atoms with van der Waals surface area (Å²) >= 11 is 0. The van der Waals surface area contributed by atoms with Gasteiger partial charge < -0.3 is 0 Å². The molecule has 1 atom stereocenters. The van der Waals surface area contributed by atoms with E-state index in [1.54, 1.807) is 24.3 Å². The van der Waals surface area contributed by atoms with Gasteiger partial charge in [-0.25, -0.2) is 0 Å². The summed E-state index contributed by atoms with van der Waals surface area (Å²) in [7, 11) is -4.07. The van der Waals surface area contributed by atoms with Crippen LogP contribution < -0.4 is 0 Å². The van der Waals surface area contributed by atoms with Crippen LogP contribution in [-0.4, -0.2) is 13.0 Å². The summed E-state index contributed by atoms with van der Waals surface area (Å²) in [5.74, 6) is 0. The molecule has 0 radical (unpaired) electrons. The van der Waals surface area contributed by atoms with Crippen molar-refractivity contribution in [3.05, 3.63) is 48.0 Å². The SMILES string of the molecule is C=C(CCC)CCC(c1ccccc1)S(=O)(=O)O. The summed E-state index contributed by atoms with van der Waals surface area (Å²) in [4.78, 5) is 0. The predicted molar refractivity (Wildman–Crippen MR) is 74.0 cm³/mol. The lowest BCUT2D eigenvalue weighted by Gasteiger charge is -2.15. The van der Waals surface area contributed by atoms with Crippen molar-refractivity contribution in [2.45, 2.75) is 37.9 Å². The van der Waals surface area contributed by atoms with Crippen LogP contribution in [0.1, 0.15) is 43.4 Å². The zero-order chi connectivity index (χ0) is 13.6.